The number of amides is 1. The fourth-order valence-corrected chi connectivity index (χ4v) is 2.27. The lowest BCUT2D eigenvalue weighted by Gasteiger charge is -2.14. The van der Waals surface area contributed by atoms with Crippen LogP contribution in [0.25, 0.3) is 0 Å². The van der Waals surface area contributed by atoms with Crippen molar-refractivity contribution in [3.63, 3.8) is 0 Å². The van der Waals surface area contributed by atoms with Gasteiger partial charge in [0, 0.05) is 11.8 Å². The molecule has 1 aliphatic rings. The van der Waals surface area contributed by atoms with E-state index >= 15 is 0 Å². The largest absolute Gasteiger partial charge is 0.454 e. The Morgan fingerprint density at radius 3 is 2.67 bits per heavy atom. The Kier molecular flexibility index (Phi) is 4.65. The molecule has 0 unspecified atom stereocenters. The molecule has 0 bridgehead atoms. The van der Waals surface area contributed by atoms with Gasteiger partial charge in [0.05, 0.1) is 6.42 Å². The molecule has 6 heteroatoms. The summed E-state index contributed by atoms with van der Waals surface area (Å²) in [6.07, 6.45) is -0.769. The van der Waals surface area contributed by atoms with Crippen molar-refractivity contribution in [2.45, 2.75) is 19.4 Å². The molecule has 1 amide bonds. The van der Waals surface area contributed by atoms with E-state index in [-0.39, 0.29) is 13.2 Å². The molecule has 1 aliphatic heterocycles. The first-order valence-electron chi connectivity index (χ1n) is 7.56. The molecule has 0 fully saturated rings. The summed E-state index contributed by atoms with van der Waals surface area (Å²) < 4.78 is 15.6. The lowest BCUT2D eigenvalue weighted by molar-refractivity contribution is -0.152. The lowest BCUT2D eigenvalue weighted by Crippen LogP contribution is -2.30. The zero-order chi connectivity index (χ0) is 16.9. The summed E-state index contributed by atoms with van der Waals surface area (Å²) in [6.45, 7) is 1.70. The summed E-state index contributed by atoms with van der Waals surface area (Å²) >= 11 is 0. The van der Waals surface area contributed by atoms with E-state index in [1.165, 1.54) is 6.92 Å². The summed E-state index contributed by atoms with van der Waals surface area (Å²) in [5.41, 5.74) is 1.39. The van der Waals surface area contributed by atoms with Crippen molar-refractivity contribution in [3.05, 3.63) is 54.1 Å². The highest BCUT2D eigenvalue weighted by molar-refractivity contribution is 5.95. The van der Waals surface area contributed by atoms with Gasteiger partial charge < -0.3 is 19.5 Å². The molecule has 0 aromatic heterocycles. The van der Waals surface area contributed by atoms with E-state index in [9.17, 15) is 9.59 Å². The molecule has 2 aromatic carbocycles. The quantitative estimate of drug-likeness (QED) is 0.854. The Hall–Kier alpha value is -3.02. The molecular weight excluding hydrogens is 310 g/mol. The highest BCUT2D eigenvalue weighted by Gasteiger charge is 2.19. The summed E-state index contributed by atoms with van der Waals surface area (Å²) in [5, 5.41) is 2.69. The second-order valence-electron chi connectivity index (χ2n) is 5.35. The maximum absolute atomic E-state index is 12.1. The molecule has 0 radical (unpaired) electrons. The number of ether oxygens (including phenoxy) is 3. The smallest absolute Gasteiger partial charge is 0.311 e. The van der Waals surface area contributed by atoms with E-state index in [1.54, 1.807) is 18.2 Å². The summed E-state index contributed by atoms with van der Waals surface area (Å²) in [6, 6.07) is 14.3. The fourth-order valence-electron chi connectivity index (χ4n) is 2.27. The molecule has 6 nitrogen and oxygen atoms in total. The van der Waals surface area contributed by atoms with Crippen LogP contribution in [-0.2, 0) is 20.7 Å². The Morgan fingerprint density at radius 1 is 1.12 bits per heavy atom. The van der Waals surface area contributed by atoms with Crippen molar-refractivity contribution in [1.82, 2.24) is 0 Å². The van der Waals surface area contributed by atoms with Gasteiger partial charge in [-0.1, -0.05) is 30.3 Å². The van der Waals surface area contributed by atoms with Crippen molar-refractivity contribution in [1.29, 1.82) is 0 Å². The van der Waals surface area contributed by atoms with Crippen LogP contribution in [0.1, 0.15) is 12.5 Å². The van der Waals surface area contributed by atoms with Gasteiger partial charge in [0.2, 0.25) is 6.79 Å². The number of benzene rings is 2. The van der Waals surface area contributed by atoms with Gasteiger partial charge in [-0.2, -0.15) is 0 Å². The van der Waals surface area contributed by atoms with Gasteiger partial charge in [-0.05, 0) is 24.6 Å². The van der Waals surface area contributed by atoms with Crippen LogP contribution < -0.4 is 14.8 Å². The Labute approximate surface area is 139 Å². The first kappa shape index (κ1) is 15.9. The van der Waals surface area contributed by atoms with Gasteiger partial charge in [-0.25, -0.2) is 0 Å². The van der Waals surface area contributed by atoms with Crippen LogP contribution in [0, 0.1) is 0 Å². The Balaban J connectivity index is 1.54. The molecule has 0 spiro atoms. The third-order valence-electron chi connectivity index (χ3n) is 3.51. The third kappa shape index (κ3) is 3.84. The topological polar surface area (TPSA) is 73.9 Å². The summed E-state index contributed by atoms with van der Waals surface area (Å²) in [4.78, 5) is 24.0. The molecule has 1 N–H and O–H groups in total. The second-order valence-corrected chi connectivity index (χ2v) is 5.35. The van der Waals surface area contributed by atoms with Gasteiger partial charge in [-0.15, -0.1) is 0 Å². The van der Waals surface area contributed by atoms with Crippen molar-refractivity contribution in [2.24, 2.45) is 0 Å². The molecule has 3 rings (SSSR count). The molecule has 24 heavy (non-hydrogen) atoms. The third-order valence-corrected chi connectivity index (χ3v) is 3.51. The van der Waals surface area contributed by atoms with Crippen molar-refractivity contribution in [2.75, 3.05) is 12.1 Å². The predicted octanol–water partition coefficient (Wildman–Crippen LogP) is 2.53. The van der Waals surface area contributed by atoms with Crippen LogP contribution in [0.15, 0.2) is 48.5 Å². The number of hydrogen-bond acceptors (Lipinski definition) is 5. The van der Waals surface area contributed by atoms with Gasteiger partial charge >= 0.3 is 5.97 Å². The van der Waals surface area contributed by atoms with Gasteiger partial charge in [0.1, 0.15) is 0 Å². The van der Waals surface area contributed by atoms with Gasteiger partial charge in [0.15, 0.2) is 17.6 Å². The van der Waals surface area contributed by atoms with Crippen LogP contribution in [0.3, 0.4) is 0 Å². The van der Waals surface area contributed by atoms with Crippen LogP contribution >= 0.6 is 0 Å². The standard InChI is InChI=1S/C18H17NO5/c1-12(24-17(20)9-13-5-3-2-4-6-13)18(21)19-14-7-8-15-16(10-14)23-11-22-15/h2-8,10,12H,9,11H2,1H3,(H,19,21)/t12-/m0/s1. The van der Waals surface area contributed by atoms with Crippen molar-refractivity contribution < 1.29 is 23.8 Å². The number of anilines is 1. The van der Waals surface area contributed by atoms with E-state index in [4.69, 9.17) is 14.2 Å². The molecular formula is C18H17NO5. The number of esters is 1. The maximum Gasteiger partial charge on any atom is 0.311 e. The second kappa shape index (κ2) is 7.04. The van der Waals surface area contributed by atoms with E-state index in [2.05, 4.69) is 5.32 Å². The van der Waals surface area contributed by atoms with E-state index < -0.39 is 18.0 Å². The van der Waals surface area contributed by atoms with Gasteiger partial charge in [0.25, 0.3) is 5.91 Å². The minimum Gasteiger partial charge on any atom is -0.454 e. The number of rotatable bonds is 5. The fraction of sp³-hybridized carbons (Fsp3) is 0.222. The van der Waals surface area contributed by atoms with E-state index in [1.807, 2.05) is 30.3 Å². The first-order chi connectivity index (χ1) is 11.6. The molecule has 1 heterocycles. The van der Waals surface area contributed by atoms with Crippen molar-refractivity contribution in [3.8, 4) is 11.5 Å². The monoisotopic (exact) mass is 327 g/mol. The number of carbonyl (C=O) groups excluding carboxylic acids is 2. The predicted molar refractivity (Wildman–Crippen MR) is 86.9 cm³/mol. The van der Waals surface area contributed by atoms with E-state index in [0.717, 1.165) is 5.56 Å². The van der Waals surface area contributed by atoms with E-state index in [0.29, 0.717) is 17.2 Å². The normalized spacial score (nSPS) is 13.2. The van der Waals surface area contributed by atoms with Crippen LogP contribution in [-0.4, -0.2) is 24.8 Å². The van der Waals surface area contributed by atoms with Gasteiger partial charge in [-0.3, -0.25) is 9.59 Å². The Bertz CT molecular complexity index is 744. The van der Waals surface area contributed by atoms with Crippen LogP contribution in [0.2, 0.25) is 0 Å². The molecule has 1 atom stereocenters. The zero-order valence-electron chi connectivity index (χ0n) is 13.2. The Morgan fingerprint density at radius 2 is 1.88 bits per heavy atom. The van der Waals surface area contributed by atoms with Crippen molar-refractivity contribution >= 4 is 17.6 Å². The number of nitrogens with one attached hydrogen (secondary N) is 1. The molecule has 0 saturated heterocycles. The number of fused-ring (bicyclic) bond motifs is 1. The molecule has 124 valence electrons. The number of hydrogen-bond donors (Lipinski definition) is 1. The van der Waals surface area contributed by atoms with Crippen LogP contribution in [0.5, 0.6) is 11.5 Å². The number of carbonyl (C=O) groups is 2. The SMILES string of the molecule is C[C@H](OC(=O)Cc1ccccc1)C(=O)Nc1ccc2c(c1)OCO2. The maximum atomic E-state index is 12.1. The lowest BCUT2D eigenvalue weighted by atomic mass is 10.1. The molecule has 0 saturated carbocycles. The minimum absolute atomic E-state index is 0.127. The highest BCUT2D eigenvalue weighted by atomic mass is 16.7. The summed E-state index contributed by atoms with van der Waals surface area (Å²) in [7, 11) is 0. The first-order valence-corrected chi connectivity index (χ1v) is 7.56. The molecule has 0 aliphatic carbocycles. The van der Waals surface area contributed by atoms with Crippen LogP contribution in [0.4, 0.5) is 5.69 Å². The minimum atomic E-state index is -0.897. The average molecular weight is 327 g/mol. The summed E-state index contributed by atoms with van der Waals surface area (Å²) in [5.74, 6) is 0.349. The zero-order valence-corrected chi connectivity index (χ0v) is 13.2. The average Bonchev–Trinajstić information content (AvgIpc) is 3.03. The highest BCUT2D eigenvalue weighted by Crippen LogP contribution is 2.34. The molecule has 2 aromatic rings.